The highest BCUT2D eigenvalue weighted by atomic mass is 16.6. The second-order valence-corrected chi connectivity index (χ2v) is 9.88. The van der Waals surface area contributed by atoms with Crippen molar-refractivity contribution < 1.29 is 14.3 Å². The van der Waals surface area contributed by atoms with E-state index in [0.29, 0.717) is 25.6 Å². The summed E-state index contributed by atoms with van der Waals surface area (Å²) in [5.74, 6) is 1.47. The molecule has 5 nitrogen and oxygen atoms in total. The second-order valence-electron chi connectivity index (χ2n) is 9.88. The molecule has 0 aromatic heterocycles. The fourth-order valence-corrected chi connectivity index (χ4v) is 3.72. The van der Waals surface area contributed by atoms with Crippen LogP contribution in [-0.2, 0) is 17.7 Å². The number of benzene rings is 2. The molecule has 0 bridgehead atoms. The van der Waals surface area contributed by atoms with Gasteiger partial charge < -0.3 is 14.4 Å². The first-order valence-electron chi connectivity index (χ1n) is 11.7. The molecule has 1 heterocycles. The molecule has 0 N–H and O–H groups in total. The lowest BCUT2D eigenvalue weighted by atomic mass is 10.0. The molecule has 0 spiro atoms. The van der Waals surface area contributed by atoms with Crippen LogP contribution in [0.25, 0.3) is 0 Å². The van der Waals surface area contributed by atoms with E-state index in [9.17, 15) is 4.79 Å². The fraction of sp³-hybridized carbons (Fsp3) is 0.519. The Labute approximate surface area is 193 Å². The van der Waals surface area contributed by atoms with Gasteiger partial charge in [0.25, 0.3) is 0 Å². The van der Waals surface area contributed by atoms with Crippen LogP contribution in [0.1, 0.15) is 57.2 Å². The number of ether oxygens (including phenoxy) is 2. The van der Waals surface area contributed by atoms with Crippen LogP contribution < -0.4 is 4.74 Å². The molecular formula is C27H38N2O3. The van der Waals surface area contributed by atoms with Crippen LogP contribution in [0, 0.1) is 0 Å². The van der Waals surface area contributed by atoms with E-state index in [1.54, 1.807) is 4.90 Å². The molecule has 0 unspecified atom stereocenters. The molecule has 0 saturated carbocycles. The predicted octanol–water partition coefficient (Wildman–Crippen LogP) is 5.48. The summed E-state index contributed by atoms with van der Waals surface area (Å²) in [7, 11) is 0. The number of amides is 1. The number of piperazine rings is 1. The van der Waals surface area contributed by atoms with Gasteiger partial charge in [0.05, 0.1) is 6.61 Å². The van der Waals surface area contributed by atoms with Crippen LogP contribution in [0.15, 0.2) is 48.5 Å². The van der Waals surface area contributed by atoms with Crippen LogP contribution in [0.3, 0.4) is 0 Å². The maximum Gasteiger partial charge on any atom is 0.410 e. The van der Waals surface area contributed by atoms with Crippen molar-refractivity contribution in [2.45, 2.75) is 59.1 Å². The number of nitrogens with zero attached hydrogens (tertiary/aromatic N) is 2. The maximum atomic E-state index is 12.2. The largest absolute Gasteiger partial charge is 0.493 e. The lowest BCUT2D eigenvalue weighted by Gasteiger charge is -2.35. The number of carbonyl (C=O) groups excluding carboxylic acids is 1. The Morgan fingerprint density at radius 1 is 0.906 bits per heavy atom. The SMILES string of the molecule is CC(C)c1ccc(CCOc2ccc(CN3CCN(C(=O)OC(C)(C)C)CC3)cc2)cc1. The van der Waals surface area contributed by atoms with Crippen LogP contribution >= 0.6 is 0 Å². The zero-order valence-corrected chi connectivity index (χ0v) is 20.3. The molecule has 3 rings (SSSR count). The summed E-state index contributed by atoms with van der Waals surface area (Å²) in [6, 6.07) is 17.2. The first kappa shape index (κ1) is 24.1. The average molecular weight is 439 g/mol. The van der Waals surface area contributed by atoms with Crippen molar-refractivity contribution in [2.75, 3.05) is 32.8 Å². The smallest absolute Gasteiger partial charge is 0.410 e. The van der Waals surface area contributed by atoms with Gasteiger partial charge in [0.15, 0.2) is 0 Å². The van der Waals surface area contributed by atoms with E-state index in [-0.39, 0.29) is 6.09 Å². The van der Waals surface area contributed by atoms with E-state index in [1.165, 1.54) is 16.7 Å². The summed E-state index contributed by atoms with van der Waals surface area (Å²) in [5, 5.41) is 0. The van der Waals surface area contributed by atoms with Gasteiger partial charge in [0.1, 0.15) is 11.4 Å². The minimum Gasteiger partial charge on any atom is -0.493 e. The molecular weight excluding hydrogens is 400 g/mol. The normalized spacial score (nSPS) is 15.1. The molecule has 1 aliphatic rings. The zero-order chi connectivity index (χ0) is 23.1. The Balaban J connectivity index is 1.39. The lowest BCUT2D eigenvalue weighted by molar-refractivity contribution is 0.0139. The molecule has 0 atom stereocenters. The minimum atomic E-state index is -0.448. The topological polar surface area (TPSA) is 42.0 Å². The Kier molecular flexibility index (Phi) is 8.19. The van der Waals surface area contributed by atoms with Crippen molar-refractivity contribution >= 4 is 6.09 Å². The van der Waals surface area contributed by atoms with E-state index >= 15 is 0 Å². The van der Waals surface area contributed by atoms with E-state index in [0.717, 1.165) is 31.8 Å². The van der Waals surface area contributed by atoms with Gasteiger partial charge in [0, 0.05) is 39.1 Å². The van der Waals surface area contributed by atoms with Gasteiger partial charge >= 0.3 is 6.09 Å². The highest BCUT2D eigenvalue weighted by Crippen LogP contribution is 2.18. The van der Waals surface area contributed by atoms with E-state index < -0.39 is 5.60 Å². The molecule has 174 valence electrons. The van der Waals surface area contributed by atoms with E-state index in [1.807, 2.05) is 32.9 Å². The predicted molar refractivity (Wildman–Crippen MR) is 129 cm³/mol. The van der Waals surface area contributed by atoms with Gasteiger partial charge in [0.2, 0.25) is 0 Å². The van der Waals surface area contributed by atoms with Gasteiger partial charge in [-0.25, -0.2) is 4.79 Å². The third-order valence-electron chi connectivity index (χ3n) is 5.66. The van der Waals surface area contributed by atoms with E-state index in [4.69, 9.17) is 9.47 Å². The Hall–Kier alpha value is -2.53. The molecule has 32 heavy (non-hydrogen) atoms. The van der Waals surface area contributed by atoms with Crippen molar-refractivity contribution in [1.82, 2.24) is 9.80 Å². The first-order valence-corrected chi connectivity index (χ1v) is 11.7. The van der Waals surface area contributed by atoms with Crippen molar-refractivity contribution in [3.05, 3.63) is 65.2 Å². The molecule has 1 saturated heterocycles. The monoisotopic (exact) mass is 438 g/mol. The van der Waals surface area contributed by atoms with Gasteiger partial charge in [-0.2, -0.15) is 0 Å². The molecule has 5 heteroatoms. The molecule has 0 aliphatic carbocycles. The maximum absolute atomic E-state index is 12.2. The Morgan fingerprint density at radius 3 is 2.06 bits per heavy atom. The molecule has 1 fully saturated rings. The Morgan fingerprint density at radius 2 is 1.50 bits per heavy atom. The quantitative estimate of drug-likeness (QED) is 0.574. The number of hydrogen-bond acceptors (Lipinski definition) is 4. The molecule has 1 amide bonds. The lowest BCUT2D eigenvalue weighted by Crippen LogP contribution is -2.49. The van der Waals surface area contributed by atoms with Gasteiger partial charge in [-0.3, -0.25) is 4.90 Å². The van der Waals surface area contributed by atoms with Crippen LogP contribution in [-0.4, -0.2) is 54.3 Å². The van der Waals surface area contributed by atoms with Gasteiger partial charge in [-0.05, 0) is 55.5 Å². The number of rotatable bonds is 7. The summed E-state index contributed by atoms with van der Waals surface area (Å²) in [6.07, 6.45) is 0.691. The van der Waals surface area contributed by atoms with Crippen molar-refractivity contribution in [2.24, 2.45) is 0 Å². The van der Waals surface area contributed by atoms with E-state index in [2.05, 4.69) is 55.1 Å². The third-order valence-corrected chi connectivity index (χ3v) is 5.66. The van der Waals surface area contributed by atoms with Gasteiger partial charge in [-0.1, -0.05) is 50.2 Å². The number of hydrogen-bond donors (Lipinski definition) is 0. The minimum absolute atomic E-state index is 0.213. The molecule has 0 radical (unpaired) electrons. The highest BCUT2D eigenvalue weighted by molar-refractivity contribution is 5.68. The van der Waals surface area contributed by atoms with Crippen molar-refractivity contribution in [1.29, 1.82) is 0 Å². The van der Waals surface area contributed by atoms with Crippen molar-refractivity contribution in [3.63, 3.8) is 0 Å². The summed E-state index contributed by atoms with van der Waals surface area (Å²) < 4.78 is 11.4. The summed E-state index contributed by atoms with van der Waals surface area (Å²) in [5.41, 5.74) is 3.48. The highest BCUT2D eigenvalue weighted by Gasteiger charge is 2.25. The Bertz CT molecular complexity index is 846. The van der Waals surface area contributed by atoms with Crippen LogP contribution in [0.2, 0.25) is 0 Å². The van der Waals surface area contributed by atoms with Crippen LogP contribution in [0.5, 0.6) is 5.75 Å². The first-order chi connectivity index (χ1) is 15.2. The van der Waals surface area contributed by atoms with Crippen LogP contribution in [0.4, 0.5) is 4.79 Å². The molecule has 2 aromatic rings. The summed E-state index contributed by atoms with van der Waals surface area (Å²) in [6.45, 7) is 14.8. The zero-order valence-electron chi connectivity index (χ0n) is 20.3. The second kappa shape index (κ2) is 10.9. The van der Waals surface area contributed by atoms with Gasteiger partial charge in [-0.15, -0.1) is 0 Å². The third kappa shape index (κ3) is 7.56. The summed E-state index contributed by atoms with van der Waals surface area (Å²) in [4.78, 5) is 16.4. The summed E-state index contributed by atoms with van der Waals surface area (Å²) >= 11 is 0. The number of carbonyl (C=O) groups is 1. The molecule has 2 aromatic carbocycles. The van der Waals surface area contributed by atoms with Crippen molar-refractivity contribution in [3.8, 4) is 5.75 Å². The standard InChI is InChI=1S/C27H38N2O3/c1-21(2)24-10-6-22(7-11-24)14-19-31-25-12-8-23(9-13-25)20-28-15-17-29(18-16-28)26(30)32-27(3,4)5/h6-13,21H,14-20H2,1-5H3. The average Bonchev–Trinajstić information content (AvgIpc) is 2.75. The molecule has 1 aliphatic heterocycles. The fourth-order valence-electron chi connectivity index (χ4n) is 3.72.